The molecule has 0 aromatic carbocycles. The number of pyridine rings is 1. The molecule has 0 fully saturated rings. The average Bonchev–Trinajstić information content (AvgIpc) is 2.25. The normalized spacial score (nSPS) is 12.1. The van der Waals surface area contributed by atoms with Gasteiger partial charge in [-0.2, -0.15) is 0 Å². The number of aromatic nitrogens is 1. The predicted octanol–water partition coefficient (Wildman–Crippen LogP) is 2.77. The number of carbonyl (C=O) groups is 1. The van der Waals surface area contributed by atoms with Crippen molar-refractivity contribution in [1.29, 1.82) is 0 Å². The summed E-state index contributed by atoms with van der Waals surface area (Å²) in [7, 11) is 3.24. The van der Waals surface area contributed by atoms with E-state index in [0.29, 0.717) is 6.61 Å². The van der Waals surface area contributed by atoms with E-state index in [9.17, 15) is 4.79 Å². The lowest BCUT2D eigenvalue weighted by Gasteiger charge is -2.09. The van der Waals surface area contributed by atoms with Gasteiger partial charge in [0.25, 0.3) is 0 Å². The molecule has 0 aliphatic rings. The second kappa shape index (κ2) is 6.74. The standard InChI is InChI=1S/C10H13NO2S2/c1-8(7-13-9(2)12)14-15-10-5-3-4-6-11-10/h3-6,8H,7H2,1-2H3/t8-/m1/s1. The lowest BCUT2D eigenvalue weighted by atomic mass is 10.5. The molecule has 0 aliphatic carbocycles. The Bertz CT molecular complexity index is 306. The van der Waals surface area contributed by atoms with Crippen molar-refractivity contribution in [3.8, 4) is 0 Å². The number of hydrogen-bond donors (Lipinski definition) is 0. The Morgan fingerprint density at radius 2 is 2.40 bits per heavy atom. The van der Waals surface area contributed by atoms with Crippen LogP contribution in [0.3, 0.4) is 0 Å². The molecule has 82 valence electrons. The predicted molar refractivity (Wildman–Crippen MR) is 63.8 cm³/mol. The summed E-state index contributed by atoms with van der Waals surface area (Å²) in [6.45, 7) is 3.88. The summed E-state index contributed by atoms with van der Waals surface area (Å²) < 4.78 is 4.90. The summed E-state index contributed by atoms with van der Waals surface area (Å²) in [6.07, 6.45) is 1.76. The molecule has 3 nitrogen and oxygen atoms in total. The fourth-order valence-electron chi connectivity index (χ4n) is 0.790. The summed E-state index contributed by atoms with van der Waals surface area (Å²) in [5, 5.41) is 1.23. The minimum absolute atomic E-state index is 0.231. The molecule has 15 heavy (non-hydrogen) atoms. The fourth-order valence-corrected chi connectivity index (χ4v) is 2.67. The maximum absolute atomic E-state index is 10.6. The van der Waals surface area contributed by atoms with Crippen molar-refractivity contribution in [2.75, 3.05) is 6.61 Å². The number of rotatable bonds is 5. The highest BCUT2D eigenvalue weighted by Crippen LogP contribution is 2.32. The van der Waals surface area contributed by atoms with Crippen LogP contribution in [0.5, 0.6) is 0 Å². The highest BCUT2D eigenvalue weighted by molar-refractivity contribution is 8.76. The second-order valence-electron chi connectivity index (χ2n) is 2.96. The Morgan fingerprint density at radius 1 is 1.60 bits per heavy atom. The topological polar surface area (TPSA) is 39.2 Å². The molecule has 1 rings (SSSR count). The number of nitrogens with zero attached hydrogens (tertiary/aromatic N) is 1. The lowest BCUT2D eigenvalue weighted by molar-refractivity contribution is -0.140. The van der Waals surface area contributed by atoms with Gasteiger partial charge in [0.1, 0.15) is 11.6 Å². The van der Waals surface area contributed by atoms with Crippen molar-refractivity contribution in [2.24, 2.45) is 0 Å². The molecule has 0 unspecified atom stereocenters. The molecule has 0 amide bonds. The van der Waals surface area contributed by atoms with E-state index in [4.69, 9.17) is 4.74 Å². The van der Waals surface area contributed by atoms with Crippen LogP contribution in [-0.2, 0) is 9.53 Å². The van der Waals surface area contributed by atoms with Crippen molar-refractivity contribution in [3.05, 3.63) is 24.4 Å². The van der Waals surface area contributed by atoms with E-state index in [-0.39, 0.29) is 11.2 Å². The van der Waals surface area contributed by atoms with E-state index in [0.717, 1.165) is 5.03 Å². The molecular formula is C10H13NO2S2. The largest absolute Gasteiger partial charge is 0.465 e. The van der Waals surface area contributed by atoms with E-state index >= 15 is 0 Å². The molecular weight excluding hydrogens is 230 g/mol. The first-order chi connectivity index (χ1) is 7.18. The summed E-state index contributed by atoms with van der Waals surface area (Å²) in [5.41, 5.74) is 0. The SMILES string of the molecule is CC(=O)OC[C@@H](C)SSc1ccccn1. The van der Waals surface area contributed by atoms with E-state index in [1.54, 1.807) is 27.8 Å². The van der Waals surface area contributed by atoms with Crippen molar-refractivity contribution in [2.45, 2.75) is 24.1 Å². The molecule has 0 spiro atoms. The first-order valence-electron chi connectivity index (χ1n) is 4.56. The Morgan fingerprint density at radius 3 is 3.00 bits per heavy atom. The molecule has 0 N–H and O–H groups in total. The quantitative estimate of drug-likeness (QED) is 0.587. The molecule has 5 heteroatoms. The van der Waals surface area contributed by atoms with Crippen LogP contribution in [0.2, 0.25) is 0 Å². The average molecular weight is 243 g/mol. The van der Waals surface area contributed by atoms with Crippen LogP contribution in [0.1, 0.15) is 13.8 Å². The first kappa shape index (κ1) is 12.4. The van der Waals surface area contributed by atoms with Gasteiger partial charge in [-0.3, -0.25) is 4.79 Å². The van der Waals surface area contributed by atoms with Gasteiger partial charge in [0.2, 0.25) is 0 Å². The zero-order valence-electron chi connectivity index (χ0n) is 8.67. The van der Waals surface area contributed by atoms with E-state index in [2.05, 4.69) is 4.98 Å². The van der Waals surface area contributed by atoms with Crippen LogP contribution in [0.15, 0.2) is 29.4 Å². The van der Waals surface area contributed by atoms with Crippen LogP contribution in [-0.4, -0.2) is 22.8 Å². The maximum Gasteiger partial charge on any atom is 0.302 e. The Kier molecular flexibility index (Phi) is 5.57. The zero-order valence-corrected chi connectivity index (χ0v) is 10.3. The van der Waals surface area contributed by atoms with Gasteiger partial charge >= 0.3 is 5.97 Å². The van der Waals surface area contributed by atoms with Gasteiger partial charge in [0, 0.05) is 18.4 Å². The highest BCUT2D eigenvalue weighted by Gasteiger charge is 2.06. The third-order valence-electron chi connectivity index (χ3n) is 1.46. The molecule has 0 aliphatic heterocycles. The summed E-state index contributed by atoms with van der Waals surface area (Å²) in [5.74, 6) is -0.231. The van der Waals surface area contributed by atoms with Gasteiger partial charge < -0.3 is 4.74 Å². The van der Waals surface area contributed by atoms with Gasteiger partial charge in [0.05, 0.1) is 0 Å². The third-order valence-corrected chi connectivity index (χ3v) is 4.22. The van der Waals surface area contributed by atoms with E-state index in [1.807, 2.05) is 25.1 Å². The minimum Gasteiger partial charge on any atom is -0.465 e. The van der Waals surface area contributed by atoms with Gasteiger partial charge in [-0.25, -0.2) is 4.98 Å². The summed E-state index contributed by atoms with van der Waals surface area (Å²) in [4.78, 5) is 14.8. The second-order valence-corrected chi connectivity index (χ2v) is 5.62. The number of carbonyl (C=O) groups excluding carboxylic acids is 1. The van der Waals surface area contributed by atoms with E-state index in [1.165, 1.54) is 6.92 Å². The first-order valence-corrected chi connectivity index (χ1v) is 6.77. The van der Waals surface area contributed by atoms with Crippen molar-refractivity contribution >= 4 is 27.6 Å². The molecule has 1 heterocycles. The molecule has 1 atom stereocenters. The lowest BCUT2D eigenvalue weighted by Crippen LogP contribution is -2.09. The Labute approximate surface area is 97.4 Å². The Hall–Kier alpha value is -0.680. The van der Waals surface area contributed by atoms with Crippen molar-refractivity contribution in [1.82, 2.24) is 4.98 Å². The maximum atomic E-state index is 10.6. The monoisotopic (exact) mass is 243 g/mol. The third kappa shape index (κ3) is 5.69. The summed E-state index contributed by atoms with van der Waals surface area (Å²) >= 11 is 0. The highest BCUT2D eigenvalue weighted by atomic mass is 33.1. The summed E-state index contributed by atoms with van der Waals surface area (Å²) in [6, 6.07) is 5.79. The van der Waals surface area contributed by atoms with Crippen LogP contribution in [0, 0.1) is 0 Å². The van der Waals surface area contributed by atoms with Crippen LogP contribution >= 0.6 is 21.6 Å². The van der Waals surface area contributed by atoms with E-state index < -0.39 is 0 Å². The van der Waals surface area contributed by atoms with Crippen molar-refractivity contribution < 1.29 is 9.53 Å². The zero-order chi connectivity index (χ0) is 11.1. The molecule has 1 aromatic rings. The molecule has 0 saturated heterocycles. The Balaban J connectivity index is 2.22. The number of hydrogen-bond acceptors (Lipinski definition) is 5. The molecule has 1 aromatic heterocycles. The molecule has 0 saturated carbocycles. The number of esters is 1. The minimum atomic E-state index is -0.231. The van der Waals surface area contributed by atoms with Gasteiger partial charge in [-0.1, -0.05) is 16.9 Å². The van der Waals surface area contributed by atoms with Gasteiger partial charge in [-0.15, -0.1) is 0 Å². The van der Waals surface area contributed by atoms with Gasteiger partial charge in [-0.05, 0) is 29.9 Å². The molecule has 0 bridgehead atoms. The number of ether oxygens (including phenoxy) is 1. The van der Waals surface area contributed by atoms with Crippen molar-refractivity contribution in [3.63, 3.8) is 0 Å². The fraction of sp³-hybridized carbons (Fsp3) is 0.400. The van der Waals surface area contributed by atoms with Crippen LogP contribution in [0.4, 0.5) is 0 Å². The van der Waals surface area contributed by atoms with Crippen LogP contribution < -0.4 is 0 Å². The van der Waals surface area contributed by atoms with Crippen LogP contribution in [0.25, 0.3) is 0 Å². The molecule has 0 radical (unpaired) electrons. The smallest absolute Gasteiger partial charge is 0.302 e. The van der Waals surface area contributed by atoms with Gasteiger partial charge in [0.15, 0.2) is 0 Å².